The highest BCUT2D eigenvalue weighted by atomic mass is 32.1. The summed E-state index contributed by atoms with van der Waals surface area (Å²) in [6, 6.07) is 6.79. The maximum atomic E-state index is 4.08. The molecule has 0 bridgehead atoms. The number of rotatable bonds is 6. The maximum absolute atomic E-state index is 4.08. The van der Waals surface area contributed by atoms with Crippen LogP contribution in [-0.2, 0) is 6.42 Å². The minimum atomic E-state index is 0.396. The third kappa shape index (κ3) is 3.65. The van der Waals surface area contributed by atoms with Crippen molar-refractivity contribution in [2.24, 2.45) is 0 Å². The van der Waals surface area contributed by atoms with Crippen molar-refractivity contribution in [1.82, 2.24) is 10.3 Å². The first-order valence-electron chi connectivity index (χ1n) is 6.04. The predicted octanol–water partition coefficient (Wildman–Crippen LogP) is 3.43. The molecule has 2 aromatic rings. The standard InChI is InChI=1S/C14H18N2S/c1-2-6-16-14(10-12-5-9-17-11-12)13-3-7-15-8-4-13/h3-5,7-9,11,14,16H,2,6,10H2,1H3. The van der Waals surface area contributed by atoms with E-state index in [0.717, 1.165) is 19.4 Å². The summed E-state index contributed by atoms with van der Waals surface area (Å²) in [6.45, 7) is 3.25. The van der Waals surface area contributed by atoms with E-state index >= 15 is 0 Å². The summed E-state index contributed by atoms with van der Waals surface area (Å²) in [7, 11) is 0. The fraction of sp³-hybridized carbons (Fsp3) is 0.357. The lowest BCUT2D eigenvalue weighted by molar-refractivity contribution is 0.529. The van der Waals surface area contributed by atoms with Gasteiger partial charge in [0, 0.05) is 18.4 Å². The molecule has 90 valence electrons. The van der Waals surface area contributed by atoms with Crippen molar-refractivity contribution in [3.05, 3.63) is 52.5 Å². The fourth-order valence-corrected chi connectivity index (χ4v) is 2.55. The molecule has 1 atom stereocenters. The highest BCUT2D eigenvalue weighted by Gasteiger charge is 2.11. The molecule has 2 nitrogen and oxygen atoms in total. The second-order valence-corrected chi connectivity index (χ2v) is 4.90. The van der Waals surface area contributed by atoms with Crippen LogP contribution in [0.25, 0.3) is 0 Å². The van der Waals surface area contributed by atoms with Gasteiger partial charge in [0.25, 0.3) is 0 Å². The molecule has 0 spiro atoms. The van der Waals surface area contributed by atoms with Crippen LogP contribution in [0.1, 0.15) is 30.5 Å². The quantitative estimate of drug-likeness (QED) is 0.844. The number of hydrogen-bond acceptors (Lipinski definition) is 3. The lowest BCUT2D eigenvalue weighted by Gasteiger charge is -2.18. The van der Waals surface area contributed by atoms with Crippen molar-refractivity contribution in [3.8, 4) is 0 Å². The summed E-state index contributed by atoms with van der Waals surface area (Å²) in [4.78, 5) is 4.08. The molecule has 0 radical (unpaired) electrons. The average molecular weight is 246 g/mol. The fourth-order valence-electron chi connectivity index (χ4n) is 1.87. The second kappa shape index (κ2) is 6.52. The Morgan fingerprint density at radius 3 is 2.76 bits per heavy atom. The Hall–Kier alpha value is -1.19. The van der Waals surface area contributed by atoms with E-state index in [1.54, 1.807) is 11.3 Å². The summed E-state index contributed by atoms with van der Waals surface area (Å²) in [5.41, 5.74) is 2.72. The molecular formula is C14H18N2S. The molecule has 0 saturated carbocycles. The van der Waals surface area contributed by atoms with Gasteiger partial charge in [-0.3, -0.25) is 4.98 Å². The predicted molar refractivity (Wildman–Crippen MR) is 73.3 cm³/mol. The number of nitrogens with one attached hydrogen (secondary N) is 1. The average Bonchev–Trinajstić information content (AvgIpc) is 2.88. The summed E-state index contributed by atoms with van der Waals surface area (Å²) < 4.78 is 0. The number of nitrogens with zero attached hydrogens (tertiary/aromatic N) is 1. The van der Waals surface area contributed by atoms with Gasteiger partial charge in [0.1, 0.15) is 0 Å². The van der Waals surface area contributed by atoms with Gasteiger partial charge in [-0.1, -0.05) is 6.92 Å². The van der Waals surface area contributed by atoms with Crippen molar-refractivity contribution >= 4 is 11.3 Å². The van der Waals surface area contributed by atoms with Crippen LogP contribution in [0, 0.1) is 0 Å². The van der Waals surface area contributed by atoms with E-state index < -0.39 is 0 Å². The number of hydrogen-bond donors (Lipinski definition) is 1. The lowest BCUT2D eigenvalue weighted by Crippen LogP contribution is -2.23. The van der Waals surface area contributed by atoms with E-state index in [1.807, 2.05) is 12.4 Å². The highest BCUT2D eigenvalue weighted by Crippen LogP contribution is 2.19. The smallest absolute Gasteiger partial charge is 0.0362 e. The number of pyridine rings is 1. The molecule has 1 N–H and O–H groups in total. The maximum Gasteiger partial charge on any atom is 0.0362 e. The van der Waals surface area contributed by atoms with Gasteiger partial charge in [0.2, 0.25) is 0 Å². The van der Waals surface area contributed by atoms with Gasteiger partial charge >= 0.3 is 0 Å². The Balaban J connectivity index is 2.08. The first kappa shape index (κ1) is 12.3. The van der Waals surface area contributed by atoms with E-state index in [1.165, 1.54) is 11.1 Å². The topological polar surface area (TPSA) is 24.9 Å². The summed E-state index contributed by atoms with van der Waals surface area (Å²) in [5, 5.41) is 7.96. The van der Waals surface area contributed by atoms with Gasteiger partial charge in [0.15, 0.2) is 0 Å². The van der Waals surface area contributed by atoms with Crippen LogP contribution in [0.2, 0.25) is 0 Å². The van der Waals surface area contributed by atoms with E-state index in [9.17, 15) is 0 Å². The van der Waals surface area contributed by atoms with Crippen LogP contribution < -0.4 is 5.32 Å². The number of thiophene rings is 1. The minimum absolute atomic E-state index is 0.396. The molecule has 0 aliphatic heterocycles. The normalized spacial score (nSPS) is 12.5. The number of aromatic nitrogens is 1. The van der Waals surface area contributed by atoms with Crippen LogP contribution >= 0.6 is 11.3 Å². The Morgan fingerprint density at radius 1 is 1.29 bits per heavy atom. The van der Waals surface area contributed by atoms with Gasteiger partial charge in [-0.25, -0.2) is 0 Å². The van der Waals surface area contributed by atoms with Crippen LogP contribution in [-0.4, -0.2) is 11.5 Å². The monoisotopic (exact) mass is 246 g/mol. The molecule has 0 amide bonds. The molecule has 0 aromatic carbocycles. The zero-order valence-electron chi connectivity index (χ0n) is 10.1. The molecule has 0 aliphatic carbocycles. The SMILES string of the molecule is CCCNC(Cc1ccsc1)c1ccncc1. The zero-order chi connectivity index (χ0) is 11.9. The summed E-state index contributed by atoms with van der Waals surface area (Å²) >= 11 is 1.76. The second-order valence-electron chi connectivity index (χ2n) is 4.12. The molecular weight excluding hydrogens is 228 g/mol. The van der Waals surface area contributed by atoms with Gasteiger partial charge in [-0.15, -0.1) is 0 Å². The van der Waals surface area contributed by atoms with E-state index in [-0.39, 0.29) is 0 Å². The van der Waals surface area contributed by atoms with Crippen LogP contribution in [0.4, 0.5) is 0 Å². The van der Waals surface area contributed by atoms with Gasteiger partial charge < -0.3 is 5.32 Å². The van der Waals surface area contributed by atoms with Gasteiger partial charge in [-0.2, -0.15) is 11.3 Å². The van der Waals surface area contributed by atoms with Crippen LogP contribution in [0.5, 0.6) is 0 Å². The molecule has 3 heteroatoms. The molecule has 1 unspecified atom stereocenters. The molecule has 0 saturated heterocycles. The third-order valence-electron chi connectivity index (χ3n) is 2.77. The first-order chi connectivity index (χ1) is 8.40. The molecule has 17 heavy (non-hydrogen) atoms. The largest absolute Gasteiger partial charge is 0.310 e. The van der Waals surface area contributed by atoms with Crippen molar-refractivity contribution in [2.75, 3.05) is 6.54 Å². The first-order valence-corrected chi connectivity index (χ1v) is 6.99. The van der Waals surface area contributed by atoms with Crippen LogP contribution in [0.3, 0.4) is 0 Å². The van der Waals surface area contributed by atoms with Crippen molar-refractivity contribution in [1.29, 1.82) is 0 Å². The highest BCUT2D eigenvalue weighted by molar-refractivity contribution is 7.07. The Bertz CT molecular complexity index is 411. The van der Waals surface area contributed by atoms with Gasteiger partial charge in [-0.05, 0) is 59.5 Å². The van der Waals surface area contributed by atoms with Crippen molar-refractivity contribution < 1.29 is 0 Å². The van der Waals surface area contributed by atoms with E-state index in [4.69, 9.17) is 0 Å². The zero-order valence-corrected chi connectivity index (χ0v) is 10.9. The van der Waals surface area contributed by atoms with E-state index in [2.05, 4.69) is 46.2 Å². The Morgan fingerprint density at radius 2 is 2.12 bits per heavy atom. The van der Waals surface area contributed by atoms with Crippen molar-refractivity contribution in [3.63, 3.8) is 0 Å². The van der Waals surface area contributed by atoms with Crippen molar-refractivity contribution in [2.45, 2.75) is 25.8 Å². The molecule has 2 rings (SSSR count). The molecule has 0 fully saturated rings. The van der Waals surface area contributed by atoms with Crippen LogP contribution in [0.15, 0.2) is 41.4 Å². The van der Waals surface area contributed by atoms with Gasteiger partial charge in [0.05, 0.1) is 0 Å². The lowest BCUT2D eigenvalue weighted by atomic mass is 10.0. The van der Waals surface area contributed by atoms with E-state index in [0.29, 0.717) is 6.04 Å². The molecule has 2 aromatic heterocycles. The third-order valence-corrected chi connectivity index (χ3v) is 3.50. The molecule has 0 aliphatic rings. The molecule has 2 heterocycles. The minimum Gasteiger partial charge on any atom is -0.310 e. The summed E-state index contributed by atoms with van der Waals surface area (Å²) in [5.74, 6) is 0. The Labute approximate surface area is 107 Å². The Kier molecular flexibility index (Phi) is 4.71. The summed E-state index contributed by atoms with van der Waals surface area (Å²) in [6.07, 6.45) is 5.94.